The maximum Gasteiger partial charge on any atom is 0.0431 e. The summed E-state index contributed by atoms with van der Waals surface area (Å²) in [4.78, 5) is 3.97. The Balaban J connectivity index is 0.00000144. The van der Waals surface area contributed by atoms with E-state index in [1.807, 2.05) is 12.1 Å². The molecule has 1 aromatic heterocycles. The van der Waals surface area contributed by atoms with E-state index in [9.17, 15) is 0 Å². The Morgan fingerprint density at radius 1 is 1.54 bits per heavy atom. The van der Waals surface area contributed by atoms with E-state index in [1.165, 1.54) is 0 Å². The molecule has 74 valence electrons. The van der Waals surface area contributed by atoms with Crippen molar-refractivity contribution < 1.29 is 5.11 Å². The van der Waals surface area contributed by atoms with Gasteiger partial charge in [-0.25, -0.2) is 0 Å². The molecule has 0 fully saturated rings. The zero-order valence-electron chi connectivity index (χ0n) is 7.39. The molecule has 0 aliphatic heterocycles. The highest BCUT2D eigenvalue weighted by Gasteiger charge is 2.03. The van der Waals surface area contributed by atoms with E-state index >= 15 is 0 Å². The number of halogens is 1. The Hall–Kier alpha value is -0.640. The Kier molecular flexibility index (Phi) is 6.49. The molecule has 0 saturated heterocycles. The predicted octanol–water partition coefficient (Wildman–Crippen LogP) is 1.28. The first-order chi connectivity index (χ1) is 5.84. The lowest BCUT2D eigenvalue weighted by molar-refractivity contribution is 0.280. The van der Waals surface area contributed by atoms with Gasteiger partial charge in [0, 0.05) is 25.0 Å². The zero-order valence-corrected chi connectivity index (χ0v) is 8.20. The highest BCUT2D eigenvalue weighted by Crippen LogP contribution is 2.13. The summed E-state index contributed by atoms with van der Waals surface area (Å²) in [6.45, 7) is 0.202. The van der Waals surface area contributed by atoms with Gasteiger partial charge in [-0.2, -0.15) is 0 Å². The SMILES string of the molecule is Cl.N[C@@H](CCCO)c1cccnc1. The van der Waals surface area contributed by atoms with Crippen LogP contribution in [0.3, 0.4) is 0 Å². The molecule has 0 radical (unpaired) electrons. The molecule has 0 amide bonds. The topological polar surface area (TPSA) is 59.1 Å². The van der Waals surface area contributed by atoms with Gasteiger partial charge in [-0.05, 0) is 24.5 Å². The number of aliphatic hydroxyl groups is 1. The van der Waals surface area contributed by atoms with Gasteiger partial charge in [0.1, 0.15) is 0 Å². The van der Waals surface area contributed by atoms with Gasteiger partial charge in [-0.3, -0.25) is 4.98 Å². The van der Waals surface area contributed by atoms with Crippen molar-refractivity contribution >= 4 is 12.4 Å². The van der Waals surface area contributed by atoms with Gasteiger partial charge in [0.2, 0.25) is 0 Å². The second-order valence-corrected chi connectivity index (χ2v) is 2.76. The lowest BCUT2D eigenvalue weighted by Gasteiger charge is -2.09. The molecule has 1 aromatic rings. The van der Waals surface area contributed by atoms with E-state index in [0.29, 0.717) is 0 Å². The lowest BCUT2D eigenvalue weighted by atomic mass is 10.1. The Morgan fingerprint density at radius 2 is 2.31 bits per heavy atom. The van der Waals surface area contributed by atoms with E-state index in [4.69, 9.17) is 10.8 Å². The smallest absolute Gasteiger partial charge is 0.0431 e. The van der Waals surface area contributed by atoms with Crippen LogP contribution in [0, 0.1) is 0 Å². The molecule has 1 atom stereocenters. The van der Waals surface area contributed by atoms with Gasteiger partial charge in [-0.15, -0.1) is 12.4 Å². The van der Waals surface area contributed by atoms with Crippen LogP contribution >= 0.6 is 12.4 Å². The fraction of sp³-hybridized carbons (Fsp3) is 0.444. The van der Waals surface area contributed by atoms with Crippen LogP contribution in [0.5, 0.6) is 0 Å². The number of hydrogen-bond acceptors (Lipinski definition) is 3. The normalized spacial score (nSPS) is 11.8. The van der Waals surface area contributed by atoms with Gasteiger partial charge in [0.25, 0.3) is 0 Å². The lowest BCUT2D eigenvalue weighted by Crippen LogP contribution is -2.10. The number of aliphatic hydroxyl groups excluding tert-OH is 1. The maximum atomic E-state index is 8.59. The van der Waals surface area contributed by atoms with Crippen molar-refractivity contribution in [2.45, 2.75) is 18.9 Å². The minimum Gasteiger partial charge on any atom is -0.396 e. The first kappa shape index (κ1) is 12.4. The Bertz CT molecular complexity index is 218. The standard InChI is InChI=1S/C9H14N2O.ClH/c10-9(4-2-6-12)8-3-1-5-11-7-8;/h1,3,5,7,9,12H,2,4,6,10H2;1H/t9-;/m0./s1. The monoisotopic (exact) mass is 202 g/mol. The summed E-state index contributed by atoms with van der Waals surface area (Å²) in [7, 11) is 0. The van der Waals surface area contributed by atoms with Crippen LogP contribution in [-0.2, 0) is 0 Å². The molecule has 0 aromatic carbocycles. The van der Waals surface area contributed by atoms with Crippen LogP contribution in [-0.4, -0.2) is 16.7 Å². The average Bonchev–Trinajstić information content (AvgIpc) is 2.15. The van der Waals surface area contributed by atoms with E-state index in [1.54, 1.807) is 12.4 Å². The van der Waals surface area contributed by atoms with Crippen LogP contribution in [0.4, 0.5) is 0 Å². The van der Waals surface area contributed by atoms with Crippen molar-refractivity contribution in [3.8, 4) is 0 Å². The first-order valence-corrected chi connectivity index (χ1v) is 4.11. The summed E-state index contributed by atoms with van der Waals surface area (Å²) in [6, 6.07) is 3.83. The highest BCUT2D eigenvalue weighted by molar-refractivity contribution is 5.85. The summed E-state index contributed by atoms with van der Waals surface area (Å²) < 4.78 is 0. The highest BCUT2D eigenvalue weighted by atomic mass is 35.5. The zero-order chi connectivity index (χ0) is 8.81. The van der Waals surface area contributed by atoms with E-state index in [2.05, 4.69) is 4.98 Å². The van der Waals surface area contributed by atoms with Crippen molar-refractivity contribution in [2.24, 2.45) is 5.73 Å². The molecule has 0 aliphatic rings. The van der Waals surface area contributed by atoms with E-state index in [0.717, 1.165) is 18.4 Å². The van der Waals surface area contributed by atoms with Gasteiger partial charge >= 0.3 is 0 Å². The predicted molar refractivity (Wildman–Crippen MR) is 54.7 cm³/mol. The number of aromatic nitrogens is 1. The maximum absolute atomic E-state index is 8.59. The van der Waals surface area contributed by atoms with Gasteiger partial charge < -0.3 is 10.8 Å². The number of rotatable bonds is 4. The molecule has 1 heterocycles. The second kappa shape index (κ2) is 6.83. The molecule has 0 aliphatic carbocycles. The molecule has 1 rings (SSSR count). The number of hydrogen-bond donors (Lipinski definition) is 2. The van der Waals surface area contributed by atoms with Gasteiger partial charge in [0.05, 0.1) is 0 Å². The minimum absolute atomic E-state index is 0. The number of nitrogens with zero attached hydrogens (tertiary/aromatic N) is 1. The summed E-state index contributed by atoms with van der Waals surface area (Å²) in [5.41, 5.74) is 6.86. The van der Waals surface area contributed by atoms with E-state index in [-0.39, 0.29) is 25.1 Å². The Labute approximate surface area is 84.4 Å². The third-order valence-corrected chi connectivity index (χ3v) is 1.79. The third kappa shape index (κ3) is 4.22. The van der Waals surface area contributed by atoms with Crippen LogP contribution < -0.4 is 5.73 Å². The fourth-order valence-electron chi connectivity index (χ4n) is 1.07. The van der Waals surface area contributed by atoms with Gasteiger partial charge in [-0.1, -0.05) is 6.07 Å². The number of nitrogens with two attached hydrogens (primary N) is 1. The van der Waals surface area contributed by atoms with Crippen LogP contribution in [0.25, 0.3) is 0 Å². The van der Waals surface area contributed by atoms with Crippen molar-refractivity contribution in [1.29, 1.82) is 0 Å². The van der Waals surface area contributed by atoms with Crippen LogP contribution in [0.15, 0.2) is 24.5 Å². The first-order valence-electron chi connectivity index (χ1n) is 4.11. The molecular formula is C9H15ClN2O. The molecular weight excluding hydrogens is 188 g/mol. The third-order valence-electron chi connectivity index (χ3n) is 1.79. The largest absolute Gasteiger partial charge is 0.396 e. The number of pyridine rings is 1. The van der Waals surface area contributed by atoms with Crippen molar-refractivity contribution in [3.05, 3.63) is 30.1 Å². The summed E-state index contributed by atoms with van der Waals surface area (Å²) in [5.74, 6) is 0. The summed E-state index contributed by atoms with van der Waals surface area (Å²) >= 11 is 0. The van der Waals surface area contributed by atoms with Crippen molar-refractivity contribution in [2.75, 3.05) is 6.61 Å². The molecule has 4 heteroatoms. The fourth-order valence-corrected chi connectivity index (χ4v) is 1.07. The van der Waals surface area contributed by atoms with Crippen molar-refractivity contribution in [3.63, 3.8) is 0 Å². The molecule has 3 N–H and O–H groups in total. The molecule has 0 spiro atoms. The van der Waals surface area contributed by atoms with Crippen molar-refractivity contribution in [1.82, 2.24) is 4.98 Å². The quantitative estimate of drug-likeness (QED) is 0.773. The molecule has 0 bridgehead atoms. The average molecular weight is 203 g/mol. The minimum atomic E-state index is 0. The molecule has 3 nitrogen and oxygen atoms in total. The molecule has 13 heavy (non-hydrogen) atoms. The van der Waals surface area contributed by atoms with Gasteiger partial charge in [0.15, 0.2) is 0 Å². The second-order valence-electron chi connectivity index (χ2n) is 2.76. The van der Waals surface area contributed by atoms with Crippen LogP contribution in [0.2, 0.25) is 0 Å². The van der Waals surface area contributed by atoms with Crippen LogP contribution in [0.1, 0.15) is 24.4 Å². The summed E-state index contributed by atoms with van der Waals surface area (Å²) in [5, 5.41) is 8.59. The molecule has 0 unspecified atom stereocenters. The molecule has 0 saturated carbocycles. The Morgan fingerprint density at radius 3 is 2.85 bits per heavy atom. The van der Waals surface area contributed by atoms with E-state index < -0.39 is 0 Å². The summed E-state index contributed by atoms with van der Waals surface area (Å²) in [6.07, 6.45) is 5.04.